The van der Waals surface area contributed by atoms with Gasteiger partial charge in [-0.05, 0) is 64.0 Å². The zero-order valence-corrected chi connectivity index (χ0v) is 20.7. The quantitative estimate of drug-likeness (QED) is 0.377. The Morgan fingerprint density at radius 1 is 1.16 bits per heavy atom. The van der Waals surface area contributed by atoms with Crippen LogP contribution >= 0.6 is 27.3 Å². The van der Waals surface area contributed by atoms with Crippen LogP contribution in [0.2, 0.25) is 0 Å². The minimum atomic E-state index is -0.561. The summed E-state index contributed by atoms with van der Waals surface area (Å²) in [7, 11) is 0. The number of esters is 1. The van der Waals surface area contributed by atoms with Gasteiger partial charge in [-0.3, -0.25) is 9.59 Å². The fourth-order valence-corrected chi connectivity index (χ4v) is 4.31. The van der Waals surface area contributed by atoms with Gasteiger partial charge in [-0.1, -0.05) is 28.1 Å². The first kappa shape index (κ1) is 24.8. The molecule has 0 saturated carbocycles. The van der Waals surface area contributed by atoms with Crippen molar-refractivity contribution in [3.8, 4) is 0 Å². The van der Waals surface area contributed by atoms with Crippen LogP contribution in [0.1, 0.15) is 58.9 Å². The Balaban J connectivity index is 2.36. The number of rotatable bonds is 8. The Morgan fingerprint density at radius 2 is 1.77 bits per heavy atom. The minimum absolute atomic E-state index is 0.169. The van der Waals surface area contributed by atoms with Crippen molar-refractivity contribution in [2.75, 3.05) is 18.4 Å². The summed E-state index contributed by atoms with van der Waals surface area (Å²) in [6.07, 6.45) is 2.74. The molecule has 0 unspecified atom stereocenters. The van der Waals surface area contributed by atoms with Crippen molar-refractivity contribution in [3.63, 3.8) is 0 Å². The molecule has 0 saturated heterocycles. The van der Waals surface area contributed by atoms with Crippen LogP contribution in [0.15, 0.2) is 34.8 Å². The number of thiophene rings is 1. The van der Waals surface area contributed by atoms with Crippen LogP contribution in [0.3, 0.4) is 0 Å². The molecule has 2 rings (SSSR count). The number of carbonyl (C=O) groups is 3. The van der Waals surface area contributed by atoms with Crippen molar-refractivity contribution in [2.45, 2.75) is 40.7 Å². The molecule has 31 heavy (non-hydrogen) atoms. The van der Waals surface area contributed by atoms with E-state index in [0.717, 1.165) is 21.4 Å². The van der Waals surface area contributed by atoms with E-state index in [-0.39, 0.29) is 17.6 Å². The molecule has 0 aliphatic heterocycles. The smallest absolute Gasteiger partial charge is 0.341 e. The van der Waals surface area contributed by atoms with Crippen molar-refractivity contribution in [2.24, 2.45) is 0 Å². The van der Waals surface area contributed by atoms with Gasteiger partial charge in [0.05, 0.1) is 16.5 Å². The second-order valence-corrected chi connectivity index (χ2v) is 9.00. The second kappa shape index (κ2) is 11.2. The molecule has 0 bridgehead atoms. The Hall–Kier alpha value is -2.45. The van der Waals surface area contributed by atoms with Crippen LogP contribution < -0.4 is 5.32 Å². The van der Waals surface area contributed by atoms with Gasteiger partial charge in [-0.2, -0.15) is 0 Å². The first-order chi connectivity index (χ1) is 14.7. The Labute approximate surface area is 195 Å². The lowest BCUT2D eigenvalue weighted by Crippen LogP contribution is -2.30. The molecule has 2 aromatic rings. The molecular formula is C23H27BrN2O4S. The highest BCUT2D eigenvalue weighted by Crippen LogP contribution is 2.35. The summed E-state index contributed by atoms with van der Waals surface area (Å²) in [5.41, 5.74) is 1.59. The van der Waals surface area contributed by atoms with Crippen molar-refractivity contribution in [3.05, 3.63) is 56.4 Å². The predicted molar refractivity (Wildman–Crippen MR) is 129 cm³/mol. The van der Waals surface area contributed by atoms with Crippen LogP contribution in [0.5, 0.6) is 0 Å². The van der Waals surface area contributed by atoms with Crippen LogP contribution in [-0.4, -0.2) is 41.9 Å². The van der Waals surface area contributed by atoms with E-state index >= 15 is 0 Å². The molecule has 0 spiro atoms. The van der Waals surface area contributed by atoms with E-state index in [1.807, 2.05) is 38.1 Å². The summed E-state index contributed by atoms with van der Waals surface area (Å²) in [5, 5.41) is 3.06. The zero-order valence-electron chi connectivity index (χ0n) is 18.3. The first-order valence-corrected chi connectivity index (χ1v) is 11.7. The van der Waals surface area contributed by atoms with Gasteiger partial charge in [0.2, 0.25) is 5.91 Å². The fourth-order valence-electron chi connectivity index (χ4n) is 2.88. The molecule has 1 aromatic carbocycles. The molecule has 0 aliphatic rings. The van der Waals surface area contributed by atoms with Gasteiger partial charge in [0.1, 0.15) is 5.00 Å². The summed E-state index contributed by atoms with van der Waals surface area (Å²) in [6.45, 7) is 10.1. The maximum atomic E-state index is 12.9. The number of anilines is 1. The van der Waals surface area contributed by atoms with Gasteiger partial charge < -0.3 is 15.0 Å². The average molecular weight is 507 g/mol. The van der Waals surface area contributed by atoms with Gasteiger partial charge in [0, 0.05) is 23.6 Å². The van der Waals surface area contributed by atoms with E-state index in [0.29, 0.717) is 28.5 Å². The average Bonchev–Trinajstić information content (AvgIpc) is 3.03. The molecule has 2 amide bonds. The first-order valence-electron chi connectivity index (χ1n) is 10.1. The van der Waals surface area contributed by atoms with Gasteiger partial charge in [-0.25, -0.2) is 4.79 Å². The van der Waals surface area contributed by atoms with Crippen molar-refractivity contribution in [1.82, 2.24) is 4.90 Å². The molecule has 0 radical (unpaired) electrons. The van der Waals surface area contributed by atoms with E-state index in [4.69, 9.17) is 4.74 Å². The van der Waals surface area contributed by atoms with E-state index in [1.165, 1.54) is 6.08 Å². The van der Waals surface area contributed by atoms with Gasteiger partial charge in [-0.15, -0.1) is 11.3 Å². The number of amides is 2. The number of hydrogen-bond donors (Lipinski definition) is 1. The lowest BCUT2D eigenvalue weighted by atomic mass is 10.1. The van der Waals surface area contributed by atoms with Gasteiger partial charge in [0.15, 0.2) is 0 Å². The predicted octanol–water partition coefficient (Wildman–Crippen LogP) is 5.52. The number of benzene rings is 1. The molecule has 0 fully saturated rings. The normalized spacial score (nSPS) is 11.1. The summed E-state index contributed by atoms with van der Waals surface area (Å²) in [6, 6.07) is 7.50. The van der Waals surface area contributed by atoms with Crippen LogP contribution in [0.4, 0.5) is 5.00 Å². The molecule has 1 heterocycles. The molecule has 166 valence electrons. The molecule has 8 heteroatoms. The number of nitrogens with one attached hydrogen (secondary N) is 1. The summed E-state index contributed by atoms with van der Waals surface area (Å²) >= 11 is 4.47. The molecule has 0 atom stereocenters. The maximum absolute atomic E-state index is 12.9. The summed E-state index contributed by atoms with van der Waals surface area (Å²) < 4.78 is 6.30. The van der Waals surface area contributed by atoms with Gasteiger partial charge in [0.25, 0.3) is 5.91 Å². The number of ether oxygens (including phenoxy) is 1. The molecular weight excluding hydrogens is 480 g/mol. The standard InChI is InChI=1S/C23H27BrN2O4S/c1-6-26(7-2)22(28)20-15(5)19(23(29)30-14(3)4)21(31-20)25-18(27)13-10-16-8-11-17(24)12-9-16/h8-14H,6-7H2,1-5H3,(H,25,27)/b13-10+. The third-order valence-electron chi connectivity index (χ3n) is 4.47. The molecule has 1 N–H and O–H groups in total. The number of hydrogen-bond acceptors (Lipinski definition) is 5. The van der Waals surface area contributed by atoms with Crippen LogP contribution in [0.25, 0.3) is 6.08 Å². The van der Waals surface area contributed by atoms with Crippen molar-refractivity contribution in [1.29, 1.82) is 0 Å². The van der Waals surface area contributed by atoms with Crippen LogP contribution in [0, 0.1) is 6.92 Å². The Morgan fingerprint density at radius 3 is 2.32 bits per heavy atom. The topological polar surface area (TPSA) is 75.7 Å². The molecule has 6 nitrogen and oxygen atoms in total. The third kappa shape index (κ3) is 6.51. The van der Waals surface area contributed by atoms with E-state index in [2.05, 4.69) is 21.2 Å². The van der Waals surface area contributed by atoms with Crippen molar-refractivity contribution < 1.29 is 19.1 Å². The highest BCUT2D eigenvalue weighted by atomic mass is 79.9. The third-order valence-corrected chi connectivity index (χ3v) is 6.20. The van der Waals surface area contributed by atoms with E-state index in [9.17, 15) is 14.4 Å². The largest absolute Gasteiger partial charge is 0.459 e. The summed E-state index contributed by atoms with van der Waals surface area (Å²) in [4.78, 5) is 40.3. The lowest BCUT2D eigenvalue weighted by Gasteiger charge is -2.18. The minimum Gasteiger partial charge on any atom is -0.459 e. The van der Waals surface area contributed by atoms with Gasteiger partial charge >= 0.3 is 5.97 Å². The highest BCUT2D eigenvalue weighted by molar-refractivity contribution is 9.10. The van der Waals surface area contributed by atoms with E-state index < -0.39 is 11.9 Å². The Kier molecular flexibility index (Phi) is 9.00. The highest BCUT2D eigenvalue weighted by Gasteiger charge is 2.28. The maximum Gasteiger partial charge on any atom is 0.341 e. The second-order valence-electron chi connectivity index (χ2n) is 7.07. The monoisotopic (exact) mass is 506 g/mol. The van der Waals surface area contributed by atoms with Crippen molar-refractivity contribution >= 4 is 56.1 Å². The lowest BCUT2D eigenvalue weighted by molar-refractivity contribution is -0.111. The Bertz CT molecular complexity index is 976. The summed E-state index contributed by atoms with van der Waals surface area (Å²) in [5.74, 6) is -1.13. The SMILES string of the molecule is CCN(CC)C(=O)c1sc(NC(=O)/C=C/c2ccc(Br)cc2)c(C(=O)OC(C)C)c1C. The number of halogens is 1. The van der Waals surface area contributed by atoms with E-state index in [1.54, 1.807) is 31.7 Å². The zero-order chi connectivity index (χ0) is 23.1. The number of nitrogens with zero attached hydrogens (tertiary/aromatic N) is 1. The molecule has 0 aliphatic carbocycles. The fraction of sp³-hybridized carbons (Fsp3) is 0.348. The molecule has 1 aromatic heterocycles. The number of carbonyl (C=O) groups excluding carboxylic acids is 3. The van der Waals surface area contributed by atoms with Crippen LogP contribution in [-0.2, 0) is 9.53 Å².